The summed E-state index contributed by atoms with van der Waals surface area (Å²) >= 11 is 0. The lowest BCUT2D eigenvalue weighted by atomic mass is 9.75. The first-order chi connectivity index (χ1) is 12.3. The fraction of sp³-hybridized carbons (Fsp3) is 0.739. The Hall–Kier alpha value is -0.730. The molecule has 0 radical (unpaired) electrons. The van der Waals surface area contributed by atoms with Crippen LogP contribution in [0.25, 0.3) is 0 Å². The Morgan fingerprint density at radius 2 is 1.38 bits per heavy atom. The van der Waals surface area contributed by atoms with E-state index in [1.165, 1.54) is 89.5 Å². The molecule has 0 aromatic heterocycles. The van der Waals surface area contributed by atoms with Crippen LogP contribution in [0.5, 0.6) is 0 Å². The van der Waals surface area contributed by atoms with Gasteiger partial charge in [0.05, 0.1) is 0 Å². The van der Waals surface area contributed by atoms with Crippen LogP contribution in [0.2, 0.25) is 0 Å². The summed E-state index contributed by atoms with van der Waals surface area (Å²) in [6.07, 6.45) is 14.8. The molecule has 144 valence electrons. The van der Waals surface area contributed by atoms with Gasteiger partial charge in [0.1, 0.15) is 0 Å². The quantitative estimate of drug-likeness (QED) is 0.673. The number of para-hydroxylation sites is 1. The standard InChI is InChI=1S/C23H34N2.ClH/c1-3-7-19-17-22(18-20(19)8-4-1)24-14-11-23(12-15-24)13-16-25(23)21-9-5-2-6-10-21;/h2,5-6,9-10,19-20,22H,1,3-4,7-8,11-18H2;1H. The molecule has 4 fully saturated rings. The van der Waals surface area contributed by atoms with Crippen LogP contribution in [0.15, 0.2) is 30.3 Å². The van der Waals surface area contributed by atoms with E-state index < -0.39 is 0 Å². The minimum absolute atomic E-state index is 0. The third-order valence-electron chi connectivity index (χ3n) is 8.15. The highest BCUT2D eigenvalue weighted by Crippen LogP contribution is 2.47. The van der Waals surface area contributed by atoms with Gasteiger partial charge in [-0.05, 0) is 56.1 Å². The van der Waals surface area contributed by atoms with E-state index in [1.807, 2.05) is 0 Å². The molecule has 0 amide bonds. The van der Waals surface area contributed by atoms with Gasteiger partial charge in [0.2, 0.25) is 0 Å². The molecule has 2 unspecified atom stereocenters. The second kappa shape index (κ2) is 7.72. The predicted octanol–water partition coefficient (Wildman–Crippen LogP) is 5.51. The Bertz CT molecular complexity index is 567. The predicted molar refractivity (Wildman–Crippen MR) is 112 cm³/mol. The molecular formula is C23H35ClN2. The van der Waals surface area contributed by atoms with Gasteiger partial charge < -0.3 is 9.80 Å². The van der Waals surface area contributed by atoms with Crippen LogP contribution in [-0.2, 0) is 0 Å². The van der Waals surface area contributed by atoms with Gasteiger partial charge in [-0.1, -0.05) is 50.3 Å². The maximum absolute atomic E-state index is 2.89. The van der Waals surface area contributed by atoms with Gasteiger partial charge in [0.15, 0.2) is 0 Å². The van der Waals surface area contributed by atoms with Crippen molar-refractivity contribution in [3.8, 4) is 0 Å². The van der Waals surface area contributed by atoms with Gasteiger partial charge in [-0.2, -0.15) is 0 Å². The van der Waals surface area contributed by atoms with Gasteiger partial charge in [0, 0.05) is 36.9 Å². The van der Waals surface area contributed by atoms with Crippen molar-refractivity contribution in [2.24, 2.45) is 11.8 Å². The van der Waals surface area contributed by atoms with E-state index in [1.54, 1.807) is 0 Å². The van der Waals surface area contributed by atoms with Gasteiger partial charge in [0.25, 0.3) is 0 Å². The van der Waals surface area contributed by atoms with Crippen LogP contribution in [0.4, 0.5) is 5.69 Å². The van der Waals surface area contributed by atoms with E-state index >= 15 is 0 Å². The number of rotatable bonds is 2. The van der Waals surface area contributed by atoms with Crippen molar-refractivity contribution >= 4 is 18.1 Å². The Labute approximate surface area is 165 Å². The van der Waals surface area contributed by atoms with E-state index in [0.29, 0.717) is 5.54 Å². The summed E-state index contributed by atoms with van der Waals surface area (Å²) < 4.78 is 0. The zero-order chi connectivity index (χ0) is 16.7. The van der Waals surface area contributed by atoms with Crippen molar-refractivity contribution in [3.63, 3.8) is 0 Å². The summed E-state index contributed by atoms with van der Waals surface area (Å²) in [5, 5.41) is 0. The molecule has 2 saturated carbocycles. The van der Waals surface area contributed by atoms with Crippen molar-refractivity contribution in [3.05, 3.63) is 30.3 Å². The first kappa shape index (κ1) is 18.6. The number of benzene rings is 1. The minimum atomic E-state index is 0. The van der Waals surface area contributed by atoms with Crippen LogP contribution in [0, 0.1) is 11.8 Å². The molecule has 1 aromatic carbocycles. The lowest BCUT2D eigenvalue weighted by molar-refractivity contribution is 0.0838. The molecule has 2 aliphatic carbocycles. The first-order valence-corrected chi connectivity index (χ1v) is 10.9. The number of likely N-dealkylation sites (tertiary alicyclic amines) is 1. The van der Waals surface area contributed by atoms with Crippen LogP contribution < -0.4 is 4.90 Å². The van der Waals surface area contributed by atoms with Crippen LogP contribution in [0.3, 0.4) is 0 Å². The second-order valence-corrected chi connectivity index (χ2v) is 9.28. The molecule has 2 nitrogen and oxygen atoms in total. The third kappa shape index (κ3) is 3.29. The summed E-state index contributed by atoms with van der Waals surface area (Å²) in [6, 6.07) is 12.0. The summed E-state index contributed by atoms with van der Waals surface area (Å²) in [5.74, 6) is 2.13. The molecule has 1 aromatic rings. The highest BCUT2D eigenvalue weighted by atomic mass is 35.5. The van der Waals surface area contributed by atoms with Crippen LogP contribution in [-0.4, -0.2) is 36.1 Å². The Kier molecular flexibility index (Phi) is 5.53. The molecule has 3 heteroatoms. The molecule has 26 heavy (non-hydrogen) atoms. The third-order valence-corrected chi connectivity index (χ3v) is 8.15. The SMILES string of the molecule is Cl.c1ccc(N2CCC23CCN(C2CC4CCCCCC4C2)CC3)cc1. The molecular weight excluding hydrogens is 340 g/mol. The van der Waals surface area contributed by atoms with E-state index in [9.17, 15) is 0 Å². The van der Waals surface area contributed by atoms with Crippen molar-refractivity contribution in [2.75, 3.05) is 24.5 Å². The zero-order valence-corrected chi connectivity index (χ0v) is 16.9. The topological polar surface area (TPSA) is 6.48 Å². The number of hydrogen-bond acceptors (Lipinski definition) is 2. The van der Waals surface area contributed by atoms with E-state index in [0.717, 1.165) is 17.9 Å². The number of halogens is 1. The Balaban J connectivity index is 0.00000168. The largest absolute Gasteiger partial charge is 0.366 e. The molecule has 4 aliphatic rings. The Morgan fingerprint density at radius 1 is 0.769 bits per heavy atom. The lowest BCUT2D eigenvalue weighted by Gasteiger charge is -2.58. The van der Waals surface area contributed by atoms with Gasteiger partial charge in [-0.25, -0.2) is 0 Å². The monoisotopic (exact) mass is 374 g/mol. The van der Waals surface area contributed by atoms with Crippen molar-refractivity contribution < 1.29 is 0 Å². The van der Waals surface area contributed by atoms with Gasteiger partial charge >= 0.3 is 0 Å². The molecule has 2 saturated heterocycles. The molecule has 0 N–H and O–H groups in total. The zero-order valence-electron chi connectivity index (χ0n) is 16.1. The summed E-state index contributed by atoms with van der Waals surface area (Å²) in [4.78, 5) is 5.60. The number of nitrogens with zero attached hydrogens (tertiary/aromatic N) is 2. The number of hydrogen-bond donors (Lipinski definition) is 0. The lowest BCUT2D eigenvalue weighted by Crippen LogP contribution is -2.65. The average molecular weight is 375 g/mol. The first-order valence-electron chi connectivity index (χ1n) is 10.9. The van der Waals surface area contributed by atoms with Crippen LogP contribution >= 0.6 is 12.4 Å². The van der Waals surface area contributed by atoms with Gasteiger partial charge in [-0.3, -0.25) is 0 Å². The molecule has 0 bridgehead atoms. The average Bonchev–Trinajstić information content (AvgIpc) is 2.92. The maximum atomic E-state index is 2.89. The van der Waals surface area contributed by atoms with Crippen molar-refractivity contribution in [2.45, 2.75) is 75.8 Å². The fourth-order valence-corrected chi connectivity index (χ4v) is 6.55. The number of piperidine rings is 1. The summed E-state index contributed by atoms with van der Waals surface area (Å²) in [5.41, 5.74) is 1.94. The Morgan fingerprint density at radius 3 is 1.96 bits per heavy atom. The minimum Gasteiger partial charge on any atom is -0.366 e. The smallest absolute Gasteiger partial charge is 0.0443 e. The second-order valence-electron chi connectivity index (χ2n) is 9.28. The highest BCUT2D eigenvalue weighted by Gasteiger charge is 2.48. The molecule has 2 heterocycles. The molecule has 5 rings (SSSR count). The van der Waals surface area contributed by atoms with Gasteiger partial charge in [-0.15, -0.1) is 12.4 Å². The summed E-state index contributed by atoms with van der Waals surface area (Å²) in [6.45, 7) is 3.94. The highest BCUT2D eigenvalue weighted by molar-refractivity contribution is 5.85. The van der Waals surface area contributed by atoms with Crippen molar-refractivity contribution in [1.82, 2.24) is 4.90 Å². The molecule has 2 aliphatic heterocycles. The molecule has 1 spiro atoms. The van der Waals surface area contributed by atoms with E-state index in [4.69, 9.17) is 0 Å². The maximum Gasteiger partial charge on any atom is 0.0443 e. The summed E-state index contributed by atoms with van der Waals surface area (Å²) in [7, 11) is 0. The van der Waals surface area contributed by atoms with E-state index in [-0.39, 0.29) is 12.4 Å². The number of fused-ring (bicyclic) bond motifs is 1. The van der Waals surface area contributed by atoms with E-state index in [2.05, 4.69) is 40.1 Å². The normalized spacial score (nSPS) is 33.8. The fourth-order valence-electron chi connectivity index (χ4n) is 6.55. The van der Waals surface area contributed by atoms with Crippen LogP contribution in [0.1, 0.15) is 64.2 Å². The molecule has 2 atom stereocenters. The number of anilines is 1. The van der Waals surface area contributed by atoms with Crippen molar-refractivity contribution in [1.29, 1.82) is 0 Å².